The highest BCUT2D eigenvalue weighted by molar-refractivity contribution is 5.73. The van der Waals surface area contributed by atoms with Crippen LogP contribution < -0.4 is 14.2 Å². The molecule has 0 N–H and O–H groups in total. The molecule has 29 heavy (non-hydrogen) atoms. The standard InChI is InChI=1S/C25H26O4/c1-4-28-23-15-7-19(17-24(23)27-3)8-16-25(26)29-22-13-11-21(12-14-22)20-9-5-18(2)6-10-20/h5-7,9-15,17H,4,8,16H2,1-3H3. The Kier molecular flexibility index (Phi) is 6.90. The van der Waals surface area contributed by atoms with E-state index in [0.29, 0.717) is 30.3 Å². The molecule has 3 aromatic rings. The molecule has 4 heteroatoms. The largest absolute Gasteiger partial charge is 0.493 e. The number of carbonyl (C=O) groups excluding carboxylic acids is 1. The predicted octanol–water partition coefficient (Wildman–Crippen LogP) is 5.61. The van der Waals surface area contributed by atoms with Crippen LogP contribution in [-0.4, -0.2) is 19.7 Å². The molecule has 3 rings (SSSR count). The van der Waals surface area contributed by atoms with Crippen LogP contribution in [0.5, 0.6) is 17.2 Å². The van der Waals surface area contributed by atoms with Gasteiger partial charge in [0.2, 0.25) is 0 Å². The number of hydrogen-bond acceptors (Lipinski definition) is 4. The van der Waals surface area contributed by atoms with Gasteiger partial charge in [-0.2, -0.15) is 0 Å². The van der Waals surface area contributed by atoms with Gasteiger partial charge < -0.3 is 14.2 Å². The zero-order valence-corrected chi connectivity index (χ0v) is 17.1. The summed E-state index contributed by atoms with van der Waals surface area (Å²) in [5, 5.41) is 0. The molecule has 0 bridgehead atoms. The Labute approximate surface area is 172 Å². The lowest BCUT2D eigenvalue weighted by molar-refractivity contribution is -0.134. The van der Waals surface area contributed by atoms with Crippen LogP contribution in [0.4, 0.5) is 0 Å². The van der Waals surface area contributed by atoms with E-state index in [1.165, 1.54) is 5.56 Å². The van der Waals surface area contributed by atoms with E-state index < -0.39 is 0 Å². The van der Waals surface area contributed by atoms with Crippen molar-refractivity contribution in [2.75, 3.05) is 13.7 Å². The summed E-state index contributed by atoms with van der Waals surface area (Å²) in [5.74, 6) is 1.66. The van der Waals surface area contributed by atoms with E-state index in [2.05, 4.69) is 31.2 Å². The minimum Gasteiger partial charge on any atom is -0.493 e. The van der Waals surface area contributed by atoms with Crippen molar-refractivity contribution in [1.82, 2.24) is 0 Å². The molecule has 0 radical (unpaired) electrons. The third-order valence-corrected chi connectivity index (χ3v) is 4.62. The summed E-state index contributed by atoms with van der Waals surface area (Å²) < 4.78 is 16.3. The lowest BCUT2D eigenvalue weighted by Crippen LogP contribution is -2.09. The number of methoxy groups -OCH3 is 1. The molecule has 3 aromatic carbocycles. The molecule has 150 valence electrons. The summed E-state index contributed by atoms with van der Waals surface area (Å²) in [5.41, 5.74) is 4.45. The van der Waals surface area contributed by atoms with E-state index >= 15 is 0 Å². The molecule has 0 aliphatic carbocycles. The predicted molar refractivity (Wildman–Crippen MR) is 115 cm³/mol. The maximum absolute atomic E-state index is 12.2. The summed E-state index contributed by atoms with van der Waals surface area (Å²) >= 11 is 0. The van der Waals surface area contributed by atoms with E-state index in [0.717, 1.165) is 16.7 Å². The monoisotopic (exact) mass is 390 g/mol. The highest BCUT2D eigenvalue weighted by Gasteiger charge is 2.09. The van der Waals surface area contributed by atoms with Crippen molar-refractivity contribution in [2.45, 2.75) is 26.7 Å². The van der Waals surface area contributed by atoms with Gasteiger partial charge >= 0.3 is 5.97 Å². The molecular formula is C25H26O4. The SMILES string of the molecule is CCOc1ccc(CCC(=O)Oc2ccc(-c3ccc(C)cc3)cc2)cc1OC. The lowest BCUT2D eigenvalue weighted by atomic mass is 10.0. The minimum absolute atomic E-state index is 0.263. The number of carbonyl (C=O) groups is 1. The van der Waals surface area contributed by atoms with Crippen molar-refractivity contribution < 1.29 is 19.0 Å². The van der Waals surface area contributed by atoms with Crippen molar-refractivity contribution in [1.29, 1.82) is 0 Å². The molecule has 0 aliphatic rings. The van der Waals surface area contributed by atoms with Crippen LogP contribution in [0.3, 0.4) is 0 Å². The second-order valence-electron chi connectivity index (χ2n) is 6.78. The average Bonchev–Trinajstić information content (AvgIpc) is 2.74. The third kappa shape index (κ3) is 5.61. The first-order valence-electron chi connectivity index (χ1n) is 9.76. The zero-order chi connectivity index (χ0) is 20.6. The Hall–Kier alpha value is -3.27. The maximum Gasteiger partial charge on any atom is 0.311 e. The van der Waals surface area contributed by atoms with Crippen molar-refractivity contribution in [3.05, 3.63) is 77.9 Å². The van der Waals surface area contributed by atoms with Gasteiger partial charge in [0, 0.05) is 6.42 Å². The molecule has 0 heterocycles. The van der Waals surface area contributed by atoms with Crippen molar-refractivity contribution >= 4 is 5.97 Å². The first-order valence-corrected chi connectivity index (χ1v) is 9.76. The van der Waals surface area contributed by atoms with Crippen LogP contribution >= 0.6 is 0 Å². The third-order valence-electron chi connectivity index (χ3n) is 4.62. The van der Waals surface area contributed by atoms with Gasteiger partial charge in [0.05, 0.1) is 13.7 Å². The number of esters is 1. The number of benzene rings is 3. The second kappa shape index (κ2) is 9.78. The molecule has 0 unspecified atom stereocenters. The number of aryl methyl sites for hydroxylation is 2. The molecule has 0 amide bonds. The fraction of sp³-hybridized carbons (Fsp3) is 0.240. The smallest absolute Gasteiger partial charge is 0.311 e. The molecule has 4 nitrogen and oxygen atoms in total. The van der Waals surface area contributed by atoms with Crippen molar-refractivity contribution in [3.8, 4) is 28.4 Å². The van der Waals surface area contributed by atoms with Gasteiger partial charge in [0.15, 0.2) is 11.5 Å². The quantitative estimate of drug-likeness (QED) is 0.371. The van der Waals surface area contributed by atoms with Crippen LogP contribution in [0.15, 0.2) is 66.7 Å². The van der Waals surface area contributed by atoms with Gasteiger partial charge in [-0.25, -0.2) is 0 Å². The van der Waals surface area contributed by atoms with E-state index in [1.54, 1.807) is 7.11 Å². The molecule has 0 spiro atoms. The summed E-state index contributed by atoms with van der Waals surface area (Å²) in [4.78, 5) is 12.2. The number of rotatable bonds is 8. The van der Waals surface area contributed by atoms with E-state index in [1.807, 2.05) is 49.4 Å². The van der Waals surface area contributed by atoms with E-state index in [4.69, 9.17) is 14.2 Å². The fourth-order valence-corrected chi connectivity index (χ4v) is 3.03. The Morgan fingerprint density at radius 1 is 0.862 bits per heavy atom. The second-order valence-corrected chi connectivity index (χ2v) is 6.78. The molecule has 0 saturated heterocycles. The maximum atomic E-state index is 12.2. The average molecular weight is 390 g/mol. The minimum atomic E-state index is -0.263. The highest BCUT2D eigenvalue weighted by atomic mass is 16.5. The first kappa shape index (κ1) is 20.5. The lowest BCUT2D eigenvalue weighted by Gasteiger charge is -2.11. The number of ether oxygens (including phenoxy) is 3. The van der Waals surface area contributed by atoms with Crippen LogP contribution in [0.2, 0.25) is 0 Å². The van der Waals surface area contributed by atoms with Gasteiger partial charge in [-0.05, 0) is 61.2 Å². The Bertz CT molecular complexity index is 944. The van der Waals surface area contributed by atoms with Gasteiger partial charge in [-0.1, -0.05) is 48.0 Å². The summed E-state index contributed by atoms with van der Waals surface area (Å²) in [7, 11) is 1.61. The van der Waals surface area contributed by atoms with Crippen molar-refractivity contribution in [2.24, 2.45) is 0 Å². The topological polar surface area (TPSA) is 44.8 Å². The Morgan fingerprint density at radius 3 is 2.14 bits per heavy atom. The Balaban J connectivity index is 1.56. The fourth-order valence-electron chi connectivity index (χ4n) is 3.03. The van der Waals surface area contributed by atoms with Crippen LogP contribution in [0.1, 0.15) is 24.5 Å². The first-order chi connectivity index (χ1) is 14.1. The Morgan fingerprint density at radius 2 is 1.52 bits per heavy atom. The van der Waals surface area contributed by atoms with E-state index in [-0.39, 0.29) is 12.4 Å². The van der Waals surface area contributed by atoms with Crippen LogP contribution in [-0.2, 0) is 11.2 Å². The molecular weight excluding hydrogens is 364 g/mol. The molecule has 0 atom stereocenters. The van der Waals surface area contributed by atoms with Crippen LogP contribution in [0.25, 0.3) is 11.1 Å². The van der Waals surface area contributed by atoms with E-state index in [9.17, 15) is 4.79 Å². The number of hydrogen-bond donors (Lipinski definition) is 0. The normalized spacial score (nSPS) is 10.4. The zero-order valence-electron chi connectivity index (χ0n) is 17.1. The van der Waals surface area contributed by atoms with Gasteiger partial charge in [-0.15, -0.1) is 0 Å². The molecule has 0 fully saturated rings. The summed E-state index contributed by atoms with van der Waals surface area (Å²) in [6.07, 6.45) is 0.861. The van der Waals surface area contributed by atoms with Gasteiger partial charge in [0.1, 0.15) is 5.75 Å². The van der Waals surface area contributed by atoms with Gasteiger partial charge in [-0.3, -0.25) is 4.79 Å². The van der Waals surface area contributed by atoms with Crippen molar-refractivity contribution in [3.63, 3.8) is 0 Å². The highest BCUT2D eigenvalue weighted by Crippen LogP contribution is 2.28. The molecule has 0 aromatic heterocycles. The molecule has 0 aliphatic heterocycles. The summed E-state index contributed by atoms with van der Waals surface area (Å²) in [6.45, 7) is 4.57. The van der Waals surface area contributed by atoms with Gasteiger partial charge in [0.25, 0.3) is 0 Å². The van der Waals surface area contributed by atoms with Crippen LogP contribution in [0, 0.1) is 6.92 Å². The molecule has 0 saturated carbocycles. The summed E-state index contributed by atoms with van der Waals surface area (Å²) in [6, 6.07) is 21.6.